The van der Waals surface area contributed by atoms with E-state index in [4.69, 9.17) is 0 Å². The molecule has 0 bridgehead atoms. The van der Waals surface area contributed by atoms with Crippen molar-refractivity contribution in [3.05, 3.63) is 35.4 Å². The third kappa shape index (κ3) is 2.54. The molecule has 88 valence electrons. The van der Waals surface area contributed by atoms with Gasteiger partial charge in [0.25, 0.3) is 0 Å². The SMILES string of the molecule is O[C@@H]1Cc2ccccc2C[C@H]1OC(F)(F)F. The lowest BCUT2D eigenvalue weighted by Gasteiger charge is -2.30. The molecule has 16 heavy (non-hydrogen) atoms. The normalized spacial score (nSPS) is 25.2. The average Bonchev–Trinajstić information content (AvgIpc) is 2.17. The summed E-state index contributed by atoms with van der Waals surface area (Å²) in [5.74, 6) is 0. The van der Waals surface area contributed by atoms with Crippen LogP contribution in [0.5, 0.6) is 0 Å². The van der Waals surface area contributed by atoms with Gasteiger partial charge < -0.3 is 5.11 Å². The number of fused-ring (bicyclic) bond motifs is 1. The Kier molecular flexibility index (Phi) is 2.90. The first-order valence-corrected chi connectivity index (χ1v) is 4.95. The van der Waals surface area contributed by atoms with Gasteiger partial charge in [0.2, 0.25) is 0 Å². The highest BCUT2D eigenvalue weighted by molar-refractivity contribution is 5.31. The molecule has 0 aromatic heterocycles. The average molecular weight is 232 g/mol. The lowest BCUT2D eigenvalue weighted by atomic mass is 9.88. The Morgan fingerprint density at radius 1 is 1.12 bits per heavy atom. The largest absolute Gasteiger partial charge is 0.522 e. The first-order valence-electron chi connectivity index (χ1n) is 4.95. The summed E-state index contributed by atoms with van der Waals surface area (Å²) in [6.07, 6.45) is -6.70. The molecule has 2 rings (SSSR count). The van der Waals surface area contributed by atoms with E-state index in [1.54, 1.807) is 18.2 Å². The third-order valence-electron chi connectivity index (χ3n) is 2.68. The highest BCUT2D eigenvalue weighted by Crippen LogP contribution is 2.28. The van der Waals surface area contributed by atoms with Crippen LogP contribution in [-0.4, -0.2) is 23.7 Å². The van der Waals surface area contributed by atoms with Crippen molar-refractivity contribution in [1.82, 2.24) is 0 Å². The number of aliphatic hydroxyl groups excluding tert-OH is 1. The maximum atomic E-state index is 12.1. The van der Waals surface area contributed by atoms with Crippen LogP contribution in [0.2, 0.25) is 0 Å². The minimum Gasteiger partial charge on any atom is -0.390 e. The topological polar surface area (TPSA) is 29.5 Å². The third-order valence-corrected chi connectivity index (χ3v) is 2.68. The van der Waals surface area contributed by atoms with Crippen LogP contribution in [0.4, 0.5) is 13.2 Å². The van der Waals surface area contributed by atoms with Gasteiger partial charge in [-0.1, -0.05) is 24.3 Å². The number of benzene rings is 1. The van der Waals surface area contributed by atoms with E-state index in [1.807, 2.05) is 6.07 Å². The van der Waals surface area contributed by atoms with Gasteiger partial charge in [0, 0.05) is 12.8 Å². The van der Waals surface area contributed by atoms with Crippen molar-refractivity contribution in [2.24, 2.45) is 0 Å². The van der Waals surface area contributed by atoms with Gasteiger partial charge in [-0.3, -0.25) is 4.74 Å². The van der Waals surface area contributed by atoms with Crippen LogP contribution in [0.1, 0.15) is 11.1 Å². The second kappa shape index (κ2) is 4.07. The van der Waals surface area contributed by atoms with Crippen LogP contribution in [0, 0.1) is 0 Å². The van der Waals surface area contributed by atoms with E-state index in [2.05, 4.69) is 4.74 Å². The van der Waals surface area contributed by atoms with Crippen molar-refractivity contribution >= 4 is 0 Å². The Morgan fingerprint density at radius 3 is 2.25 bits per heavy atom. The van der Waals surface area contributed by atoms with Crippen LogP contribution in [0.15, 0.2) is 24.3 Å². The molecule has 0 fully saturated rings. The lowest BCUT2D eigenvalue weighted by Crippen LogP contribution is -2.40. The number of alkyl halides is 3. The van der Waals surface area contributed by atoms with Crippen molar-refractivity contribution in [2.45, 2.75) is 31.4 Å². The Balaban J connectivity index is 2.15. The predicted octanol–water partition coefficient (Wildman–Crippen LogP) is 2.05. The summed E-state index contributed by atoms with van der Waals surface area (Å²) >= 11 is 0. The molecule has 2 nitrogen and oxygen atoms in total. The van der Waals surface area contributed by atoms with Gasteiger partial charge in [0.1, 0.15) is 0 Å². The zero-order valence-corrected chi connectivity index (χ0v) is 8.37. The maximum Gasteiger partial charge on any atom is 0.522 e. The number of aliphatic hydroxyl groups is 1. The monoisotopic (exact) mass is 232 g/mol. The van der Waals surface area contributed by atoms with Crippen molar-refractivity contribution in [1.29, 1.82) is 0 Å². The van der Waals surface area contributed by atoms with Crippen molar-refractivity contribution < 1.29 is 23.0 Å². The molecule has 1 aromatic rings. The Hall–Kier alpha value is -1.07. The van der Waals surface area contributed by atoms with Gasteiger partial charge >= 0.3 is 6.36 Å². The highest BCUT2D eigenvalue weighted by Gasteiger charge is 2.38. The van der Waals surface area contributed by atoms with Gasteiger partial charge in [0.15, 0.2) is 0 Å². The highest BCUT2D eigenvalue weighted by atomic mass is 19.4. The van der Waals surface area contributed by atoms with Crippen LogP contribution < -0.4 is 0 Å². The van der Waals surface area contributed by atoms with Crippen LogP contribution in [0.25, 0.3) is 0 Å². The van der Waals surface area contributed by atoms with Crippen molar-refractivity contribution in [3.63, 3.8) is 0 Å². The molecule has 2 atom stereocenters. The molecule has 0 radical (unpaired) electrons. The van der Waals surface area contributed by atoms with Crippen LogP contribution >= 0.6 is 0 Å². The summed E-state index contributed by atoms with van der Waals surface area (Å²) in [4.78, 5) is 0. The molecule has 0 heterocycles. The molecule has 0 spiro atoms. The molecular formula is C11H11F3O2. The molecule has 5 heteroatoms. The molecular weight excluding hydrogens is 221 g/mol. The fraction of sp³-hybridized carbons (Fsp3) is 0.455. The number of ether oxygens (including phenoxy) is 1. The zero-order valence-electron chi connectivity index (χ0n) is 8.37. The molecule has 0 saturated heterocycles. The van der Waals surface area contributed by atoms with Gasteiger partial charge in [-0.15, -0.1) is 13.2 Å². The van der Waals surface area contributed by atoms with E-state index >= 15 is 0 Å². The Morgan fingerprint density at radius 2 is 1.69 bits per heavy atom. The second-order valence-electron chi connectivity index (χ2n) is 3.85. The predicted molar refractivity (Wildman–Crippen MR) is 50.8 cm³/mol. The number of hydrogen-bond donors (Lipinski definition) is 1. The quantitative estimate of drug-likeness (QED) is 0.803. The van der Waals surface area contributed by atoms with Crippen molar-refractivity contribution in [3.8, 4) is 0 Å². The minimum absolute atomic E-state index is 0.0941. The second-order valence-corrected chi connectivity index (χ2v) is 3.85. The summed E-state index contributed by atoms with van der Waals surface area (Å²) < 4.78 is 40.1. The van der Waals surface area contributed by atoms with Crippen LogP contribution in [0.3, 0.4) is 0 Å². The van der Waals surface area contributed by atoms with Gasteiger partial charge in [-0.05, 0) is 11.1 Å². The number of rotatable bonds is 1. The zero-order chi connectivity index (χ0) is 11.8. The molecule has 1 aliphatic carbocycles. The first-order chi connectivity index (χ1) is 7.46. The molecule has 0 aliphatic heterocycles. The summed E-state index contributed by atoms with van der Waals surface area (Å²) in [5, 5.41) is 9.55. The minimum atomic E-state index is -4.70. The summed E-state index contributed by atoms with van der Waals surface area (Å²) in [6, 6.07) is 7.13. The summed E-state index contributed by atoms with van der Waals surface area (Å²) in [6.45, 7) is 0. The standard InChI is InChI=1S/C11H11F3O2/c12-11(13,14)16-10-6-8-4-2-1-3-7(8)5-9(10)15/h1-4,9-10,15H,5-6H2/t9-,10-/m1/s1. The van der Waals surface area contributed by atoms with E-state index in [0.29, 0.717) is 0 Å². The lowest BCUT2D eigenvalue weighted by molar-refractivity contribution is -0.351. The van der Waals surface area contributed by atoms with Gasteiger partial charge in [-0.25, -0.2) is 0 Å². The van der Waals surface area contributed by atoms with E-state index in [9.17, 15) is 18.3 Å². The number of hydrogen-bond acceptors (Lipinski definition) is 2. The fourth-order valence-corrected chi connectivity index (χ4v) is 1.96. The molecule has 1 aliphatic rings. The van der Waals surface area contributed by atoms with Gasteiger partial charge in [-0.2, -0.15) is 0 Å². The molecule has 0 unspecified atom stereocenters. The fourth-order valence-electron chi connectivity index (χ4n) is 1.96. The summed E-state index contributed by atoms with van der Waals surface area (Å²) in [5.41, 5.74) is 1.69. The maximum absolute atomic E-state index is 12.1. The molecule has 0 saturated carbocycles. The first kappa shape index (κ1) is 11.4. The van der Waals surface area contributed by atoms with Crippen LogP contribution in [-0.2, 0) is 17.6 Å². The van der Waals surface area contributed by atoms with E-state index < -0.39 is 18.6 Å². The smallest absolute Gasteiger partial charge is 0.390 e. The molecule has 1 aromatic carbocycles. The van der Waals surface area contributed by atoms with E-state index in [1.165, 1.54) is 0 Å². The Bertz CT molecular complexity index is 376. The van der Waals surface area contributed by atoms with Crippen molar-refractivity contribution in [2.75, 3.05) is 0 Å². The number of halogens is 3. The summed E-state index contributed by atoms with van der Waals surface area (Å²) in [7, 11) is 0. The molecule has 1 N–H and O–H groups in total. The Labute approximate surface area is 90.7 Å². The van der Waals surface area contributed by atoms with E-state index in [0.717, 1.165) is 11.1 Å². The van der Waals surface area contributed by atoms with Gasteiger partial charge in [0.05, 0.1) is 12.2 Å². The van der Waals surface area contributed by atoms with E-state index in [-0.39, 0.29) is 12.8 Å². The molecule has 0 amide bonds.